The lowest BCUT2D eigenvalue weighted by Gasteiger charge is -2.01. The van der Waals surface area contributed by atoms with Crippen LogP contribution >= 0.6 is 0 Å². The third-order valence-electron chi connectivity index (χ3n) is 4.50. The van der Waals surface area contributed by atoms with Crippen LogP contribution in [0.4, 0.5) is 0 Å². The van der Waals surface area contributed by atoms with E-state index in [9.17, 15) is 4.79 Å². The van der Waals surface area contributed by atoms with Crippen molar-refractivity contribution in [1.82, 2.24) is 0 Å². The van der Waals surface area contributed by atoms with Crippen molar-refractivity contribution in [2.45, 2.75) is 110 Å². The summed E-state index contributed by atoms with van der Waals surface area (Å²) in [5, 5.41) is 8.54. The zero-order chi connectivity index (χ0) is 19.8. The zero-order valence-corrected chi connectivity index (χ0v) is 17.5. The molecule has 0 aliphatic carbocycles. The van der Waals surface area contributed by atoms with Crippen LogP contribution < -0.4 is 0 Å². The molecule has 0 aromatic heterocycles. The molecule has 0 aliphatic heterocycles. The van der Waals surface area contributed by atoms with E-state index in [-0.39, 0.29) is 0 Å². The maximum atomic E-state index is 10.4. The Kier molecular flexibility index (Phi) is 21.4. The van der Waals surface area contributed by atoms with Gasteiger partial charge in [-0.2, -0.15) is 0 Å². The topological polar surface area (TPSA) is 46.5 Å². The Labute approximate surface area is 167 Å². The molecule has 1 N–H and O–H groups in total. The molecule has 0 atom stereocenters. The van der Waals surface area contributed by atoms with Crippen LogP contribution in [-0.4, -0.2) is 24.3 Å². The molecule has 0 aromatic rings. The zero-order valence-electron chi connectivity index (χ0n) is 17.5. The highest BCUT2D eigenvalue weighted by molar-refractivity contribution is 5.66. The third-order valence-corrected chi connectivity index (χ3v) is 4.50. The van der Waals surface area contributed by atoms with Crippen LogP contribution in [0.15, 0.2) is 0 Å². The molecule has 27 heavy (non-hydrogen) atoms. The van der Waals surface area contributed by atoms with E-state index < -0.39 is 5.97 Å². The minimum absolute atomic E-state index is 0.299. The van der Waals surface area contributed by atoms with Gasteiger partial charge in [0, 0.05) is 19.4 Å². The first-order chi connectivity index (χ1) is 13.3. The van der Waals surface area contributed by atoms with E-state index in [0.717, 1.165) is 51.6 Å². The van der Waals surface area contributed by atoms with Gasteiger partial charge in [0.15, 0.2) is 0 Å². The summed E-state index contributed by atoms with van der Waals surface area (Å²) in [5.41, 5.74) is 0. The number of aliphatic carboxylic acids is 1. The van der Waals surface area contributed by atoms with E-state index >= 15 is 0 Å². The van der Waals surface area contributed by atoms with Crippen molar-refractivity contribution in [3.05, 3.63) is 0 Å². The Hall–Kier alpha value is -1.45. The molecule has 154 valence electrons. The van der Waals surface area contributed by atoms with E-state index in [1.165, 1.54) is 51.4 Å². The summed E-state index contributed by atoms with van der Waals surface area (Å²) in [4.78, 5) is 10.4. The fraction of sp³-hybridized carbons (Fsp3) is 0.792. The van der Waals surface area contributed by atoms with Gasteiger partial charge in [-0.05, 0) is 31.1 Å². The molecule has 0 aliphatic rings. The summed E-state index contributed by atoms with van der Waals surface area (Å²) in [6.07, 6.45) is 18.1. The molecular formula is C24H40O3. The summed E-state index contributed by atoms with van der Waals surface area (Å²) < 4.78 is 5.51. The second kappa shape index (κ2) is 22.6. The number of unbranched alkanes of at least 4 members (excludes halogenated alkanes) is 13. The molecule has 0 unspecified atom stereocenters. The highest BCUT2D eigenvalue weighted by atomic mass is 16.5. The van der Waals surface area contributed by atoms with Gasteiger partial charge in [0.05, 0.1) is 0 Å². The quantitative estimate of drug-likeness (QED) is 0.224. The summed E-state index contributed by atoms with van der Waals surface area (Å²) in [7, 11) is 0. The van der Waals surface area contributed by atoms with Crippen LogP contribution in [0.25, 0.3) is 0 Å². The van der Waals surface area contributed by atoms with Crippen LogP contribution in [0.1, 0.15) is 110 Å². The SMILES string of the molecule is CCCCCCCCCCOCC#CC#CCCCCCCCCC(=O)O. The van der Waals surface area contributed by atoms with Crippen molar-refractivity contribution < 1.29 is 14.6 Å². The fourth-order valence-electron chi connectivity index (χ4n) is 2.84. The Balaban J connectivity index is 3.25. The van der Waals surface area contributed by atoms with Gasteiger partial charge in [-0.15, -0.1) is 0 Å². The molecule has 0 spiro atoms. The lowest BCUT2D eigenvalue weighted by molar-refractivity contribution is -0.137. The van der Waals surface area contributed by atoms with Gasteiger partial charge in [0.2, 0.25) is 0 Å². The van der Waals surface area contributed by atoms with Gasteiger partial charge in [-0.3, -0.25) is 4.79 Å². The van der Waals surface area contributed by atoms with E-state index in [4.69, 9.17) is 9.84 Å². The number of carboxylic acid groups (broad SMARTS) is 1. The van der Waals surface area contributed by atoms with Gasteiger partial charge in [-0.1, -0.05) is 89.4 Å². The first-order valence-corrected chi connectivity index (χ1v) is 11.0. The minimum atomic E-state index is -0.690. The average molecular weight is 377 g/mol. The predicted octanol–water partition coefficient (Wildman–Crippen LogP) is 6.36. The highest BCUT2D eigenvalue weighted by Gasteiger charge is 1.96. The van der Waals surface area contributed by atoms with Crippen LogP contribution in [0.3, 0.4) is 0 Å². The molecule has 3 heteroatoms. The van der Waals surface area contributed by atoms with Crippen LogP contribution in [0.5, 0.6) is 0 Å². The third kappa shape index (κ3) is 24.6. The molecule has 0 rings (SSSR count). The molecule has 0 radical (unpaired) electrons. The molecule has 3 nitrogen and oxygen atoms in total. The molecule has 0 fully saturated rings. The average Bonchev–Trinajstić information content (AvgIpc) is 2.65. The number of rotatable bonds is 18. The van der Waals surface area contributed by atoms with Gasteiger partial charge in [-0.25, -0.2) is 0 Å². The van der Waals surface area contributed by atoms with Crippen molar-refractivity contribution >= 4 is 5.97 Å². The summed E-state index contributed by atoms with van der Waals surface area (Å²) in [6, 6.07) is 0. The van der Waals surface area contributed by atoms with Crippen LogP contribution in [-0.2, 0) is 9.53 Å². The number of hydrogen-bond acceptors (Lipinski definition) is 2. The first-order valence-electron chi connectivity index (χ1n) is 11.0. The maximum absolute atomic E-state index is 10.4. The fourth-order valence-corrected chi connectivity index (χ4v) is 2.84. The predicted molar refractivity (Wildman–Crippen MR) is 114 cm³/mol. The summed E-state index contributed by atoms with van der Waals surface area (Å²) in [6.45, 7) is 3.55. The van der Waals surface area contributed by atoms with Crippen molar-refractivity contribution in [3.8, 4) is 23.7 Å². The van der Waals surface area contributed by atoms with Crippen LogP contribution in [0, 0.1) is 23.7 Å². The van der Waals surface area contributed by atoms with Crippen LogP contribution in [0.2, 0.25) is 0 Å². The number of carboxylic acids is 1. The maximum Gasteiger partial charge on any atom is 0.303 e. The summed E-state index contributed by atoms with van der Waals surface area (Å²) in [5.74, 6) is 11.1. The molecule has 0 aromatic carbocycles. The Bertz CT molecular complexity index is 448. The number of hydrogen-bond donors (Lipinski definition) is 1. The van der Waals surface area contributed by atoms with E-state index in [0.29, 0.717) is 13.0 Å². The lowest BCUT2D eigenvalue weighted by atomic mass is 10.1. The van der Waals surface area contributed by atoms with Crippen molar-refractivity contribution in [3.63, 3.8) is 0 Å². The monoisotopic (exact) mass is 376 g/mol. The highest BCUT2D eigenvalue weighted by Crippen LogP contribution is 2.09. The molecule has 0 amide bonds. The van der Waals surface area contributed by atoms with E-state index in [1.54, 1.807) is 0 Å². The van der Waals surface area contributed by atoms with Gasteiger partial charge in [0.1, 0.15) is 6.61 Å². The van der Waals surface area contributed by atoms with Gasteiger partial charge in [0.25, 0.3) is 0 Å². The molecule has 0 saturated heterocycles. The minimum Gasteiger partial charge on any atom is -0.481 e. The van der Waals surface area contributed by atoms with Crippen molar-refractivity contribution in [1.29, 1.82) is 0 Å². The Morgan fingerprint density at radius 2 is 1.30 bits per heavy atom. The Morgan fingerprint density at radius 1 is 0.741 bits per heavy atom. The van der Waals surface area contributed by atoms with Crippen molar-refractivity contribution in [2.75, 3.05) is 13.2 Å². The first kappa shape index (κ1) is 25.6. The second-order valence-electron chi connectivity index (χ2n) is 7.15. The van der Waals surface area contributed by atoms with E-state index in [2.05, 4.69) is 30.6 Å². The largest absolute Gasteiger partial charge is 0.481 e. The van der Waals surface area contributed by atoms with Gasteiger partial charge < -0.3 is 9.84 Å². The molecule has 0 heterocycles. The van der Waals surface area contributed by atoms with E-state index in [1.807, 2.05) is 0 Å². The number of ether oxygens (including phenoxy) is 1. The van der Waals surface area contributed by atoms with Crippen molar-refractivity contribution in [2.24, 2.45) is 0 Å². The smallest absolute Gasteiger partial charge is 0.303 e. The summed E-state index contributed by atoms with van der Waals surface area (Å²) >= 11 is 0. The lowest BCUT2D eigenvalue weighted by Crippen LogP contribution is -1.94. The molecule has 0 saturated carbocycles. The molecular weight excluding hydrogens is 336 g/mol. The normalized spacial score (nSPS) is 9.96. The van der Waals surface area contributed by atoms with Gasteiger partial charge >= 0.3 is 5.97 Å². The Morgan fingerprint density at radius 3 is 1.96 bits per heavy atom. The second-order valence-corrected chi connectivity index (χ2v) is 7.15. The molecule has 0 bridgehead atoms. The number of carbonyl (C=O) groups is 1. The standard InChI is InChI=1S/C24H40O3/c1-2-3-4-5-6-13-16-19-22-27-23-20-17-14-11-9-7-8-10-12-15-18-21-24(25)26/h2-10,12-13,15-16,18-19,21-23H2,1H3,(H,25,26).